The van der Waals surface area contributed by atoms with E-state index >= 15 is 0 Å². The molecule has 4 rings (SSSR count). The van der Waals surface area contributed by atoms with Crippen molar-refractivity contribution >= 4 is 60.7 Å². The molecule has 1 N–H and O–H groups in total. The molecule has 0 bridgehead atoms. The van der Waals surface area contributed by atoms with E-state index in [1.165, 1.54) is 22.5 Å². The molecule has 0 saturated carbocycles. The van der Waals surface area contributed by atoms with Crippen molar-refractivity contribution in [3.8, 4) is 0 Å². The standard InChI is InChI=1S/C23H24BrClFN3O4S/c1-2-21(30)29-9-7-14-10-16(24)11-20(22(14)29)34(32,33)28-8-3-4-15(13-28)23(31)27-19-6-5-17(26)12-18(19)25/h5-6,10-12,15H,2-4,7-9,13H2,1H3,(H,27,31). The highest BCUT2D eigenvalue weighted by Crippen LogP contribution is 2.40. The number of hydrogen-bond donors (Lipinski definition) is 1. The van der Waals surface area contributed by atoms with Gasteiger partial charge >= 0.3 is 0 Å². The van der Waals surface area contributed by atoms with E-state index in [1.807, 2.05) is 6.07 Å². The van der Waals surface area contributed by atoms with Gasteiger partial charge in [-0.1, -0.05) is 34.5 Å². The SMILES string of the molecule is CCC(=O)N1CCc2cc(Br)cc(S(=O)(=O)N3CCCC(C(=O)Nc4ccc(F)cc4Cl)C3)c21. The molecule has 2 aromatic carbocycles. The van der Waals surface area contributed by atoms with E-state index in [4.69, 9.17) is 11.6 Å². The lowest BCUT2D eigenvalue weighted by Crippen LogP contribution is -2.44. The molecule has 1 saturated heterocycles. The molecule has 2 amide bonds. The van der Waals surface area contributed by atoms with Crippen LogP contribution < -0.4 is 10.2 Å². The summed E-state index contributed by atoms with van der Waals surface area (Å²) < 4.78 is 42.7. The topological polar surface area (TPSA) is 86.8 Å². The van der Waals surface area contributed by atoms with Gasteiger partial charge in [-0.2, -0.15) is 4.31 Å². The zero-order chi connectivity index (χ0) is 24.6. The Morgan fingerprint density at radius 1 is 1.24 bits per heavy atom. The molecular formula is C23H24BrClFN3O4S. The average molecular weight is 573 g/mol. The summed E-state index contributed by atoms with van der Waals surface area (Å²) >= 11 is 9.42. The fourth-order valence-electron chi connectivity index (χ4n) is 4.45. The minimum Gasteiger partial charge on any atom is -0.324 e. The summed E-state index contributed by atoms with van der Waals surface area (Å²) in [5.41, 5.74) is 1.50. The van der Waals surface area contributed by atoms with Gasteiger partial charge in [-0.05, 0) is 55.2 Å². The number of piperidine rings is 1. The van der Waals surface area contributed by atoms with Gasteiger partial charge in [0.25, 0.3) is 0 Å². The van der Waals surface area contributed by atoms with Gasteiger partial charge in [0.2, 0.25) is 21.8 Å². The predicted molar refractivity (Wildman–Crippen MR) is 132 cm³/mol. The van der Waals surface area contributed by atoms with Crippen LogP contribution in [0, 0.1) is 11.7 Å². The number of benzene rings is 2. The molecule has 2 aliphatic rings. The minimum atomic E-state index is -3.98. The Balaban J connectivity index is 1.60. The van der Waals surface area contributed by atoms with Crippen LogP contribution >= 0.6 is 27.5 Å². The molecule has 1 unspecified atom stereocenters. The van der Waals surface area contributed by atoms with E-state index in [9.17, 15) is 22.4 Å². The normalized spacial score (nSPS) is 18.6. The molecule has 0 radical (unpaired) electrons. The van der Waals surface area contributed by atoms with Crippen molar-refractivity contribution in [1.29, 1.82) is 0 Å². The summed E-state index contributed by atoms with van der Waals surface area (Å²) in [4.78, 5) is 27.0. The minimum absolute atomic E-state index is 0.00398. The quantitative estimate of drug-likeness (QED) is 0.568. The van der Waals surface area contributed by atoms with Crippen molar-refractivity contribution in [1.82, 2.24) is 4.31 Å². The zero-order valence-corrected chi connectivity index (χ0v) is 21.6. The third kappa shape index (κ3) is 4.86. The summed E-state index contributed by atoms with van der Waals surface area (Å²) in [6, 6.07) is 7.03. The van der Waals surface area contributed by atoms with Crippen LogP contribution in [-0.2, 0) is 26.0 Å². The van der Waals surface area contributed by atoms with Crippen LogP contribution in [0.5, 0.6) is 0 Å². The summed E-state index contributed by atoms with van der Waals surface area (Å²) in [6.45, 7) is 2.45. The van der Waals surface area contributed by atoms with Gasteiger partial charge in [0.05, 0.1) is 22.3 Å². The summed E-state index contributed by atoms with van der Waals surface area (Å²) in [7, 11) is -3.98. The maximum absolute atomic E-state index is 13.7. The third-order valence-corrected chi connectivity index (χ3v) is 8.81. The van der Waals surface area contributed by atoms with Gasteiger partial charge in [0.15, 0.2) is 0 Å². The lowest BCUT2D eigenvalue weighted by molar-refractivity contribution is -0.121. The van der Waals surface area contributed by atoms with Gasteiger partial charge in [-0.25, -0.2) is 12.8 Å². The van der Waals surface area contributed by atoms with Crippen molar-refractivity contribution in [2.75, 3.05) is 29.9 Å². The van der Waals surface area contributed by atoms with Gasteiger partial charge in [0, 0.05) is 30.5 Å². The van der Waals surface area contributed by atoms with Gasteiger partial charge in [0.1, 0.15) is 10.7 Å². The molecule has 2 aromatic rings. The summed E-state index contributed by atoms with van der Waals surface area (Å²) in [5.74, 6) is -1.63. The monoisotopic (exact) mass is 571 g/mol. The van der Waals surface area contributed by atoms with E-state index in [0.717, 1.165) is 11.6 Å². The van der Waals surface area contributed by atoms with Crippen molar-refractivity contribution in [3.63, 3.8) is 0 Å². The Hall–Kier alpha value is -2.01. The molecule has 34 heavy (non-hydrogen) atoms. The molecule has 1 atom stereocenters. The van der Waals surface area contributed by atoms with Gasteiger partial charge < -0.3 is 10.2 Å². The van der Waals surface area contributed by atoms with Crippen LogP contribution in [0.1, 0.15) is 31.7 Å². The second-order valence-electron chi connectivity index (χ2n) is 8.38. The largest absolute Gasteiger partial charge is 0.324 e. The molecule has 7 nitrogen and oxygen atoms in total. The highest BCUT2D eigenvalue weighted by atomic mass is 79.9. The number of nitrogens with one attached hydrogen (secondary N) is 1. The second kappa shape index (κ2) is 9.93. The fraction of sp³-hybridized carbons (Fsp3) is 0.391. The number of hydrogen-bond acceptors (Lipinski definition) is 4. The van der Waals surface area contributed by atoms with Crippen LogP contribution in [0.4, 0.5) is 15.8 Å². The number of rotatable bonds is 5. The molecule has 182 valence electrons. The van der Waals surface area contributed by atoms with Gasteiger partial charge in [-0.15, -0.1) is 0 Å². The molecule has 11 heteroatoms. The lowest BCUT2D eigenvalue weighted by Gasteiger charge is -2.32. The first-order valence-electron chi connectivity index (χ1n) is 11.0. The molecule has 0 spiro atoms. The molecular weight excluding hydrogens is 549 g/mol. The first kappa shape index (κ1) is 25.1. The maximum atomic E-state index is 13.7. The van der Waals surface area contributed by atoms with E-state index in [2.05, 4.69) is 21.2 Å². The Morgan fingerprint density at radius 3 is 2.71 bits per heavy atom. The molecule has 0 aliphatic carbocycles. The van der Waals surface area contributed by atoms with Crippen molar-refractivity contribution < 1.29 is 22.4 Å². The number of carbonyl (C=O) groups is 2. The van der Waals surface area contributed by atoms with Crippen LogP contribution in [0.15, 0.2) is 39.7 Å². The Bertz CT molecular complexity index is 1260. The van der Waals surface area contributed by atoms with Crippen molar-refractivity contribution in [3.05, 3.63) is 51.2 Å². The fourth-order valence-corrected chi connectivity index (χ4v) is 7.10. The molecule has 1 fully saturated rings. The number of amides is 2. The summed E-state index contributed by atoms with van der Waals surface area (Å²) in [5, 5.41) is 2.75. The van der Waals surface area contributed by atoms with Crippen LogP contribution in [0.25, 0.3) is 0 Å². The zero-order valence-electron chi connectivity index (χ0n) is 18.5. The Labute approximate surface area is 211 Å². The van der Waals surface area contributed by atoms with Crippen LogP contribution in [0.3, 0.4) is 0 Å². The average Bonchev–Trinajstić information content (AvgIpc) is 3.23. The van der Waals surface area contributed by atoms with Crippen LogP contribution in [0.2, 0.25) is 5.02 Å². The second-order valence-corrected chi connectivity index (χ2v) is 11.6. The van der Waals surface area contributed by atoms with Crippen molar-refractivity contribution in [2.24, 2.45) is 5.92 Å². The van der Waals surface area contributed by atoms with Crippen LogP contribution in [-0.4, -0.2) is 44.2 Å². The highest BCUT2D eigenvalue weighted by molar-refractivity contribution is 9.10. The van der Waals surface area contributed by atoms with E-state index < -0.39 is 21.8 Å². The van der Waals surface area contributed by atoms with Crippen molar-refractivity contribution in [2.45, 2.75) is 37.5 Å². The molecule has 0 aromatic heterocycles. The number of carbonyl (C=O) groups excluding carboxylic acids is 2. The maximum Gasteiger partial charge on any atom is 0.245 e. The third-order valence-electron chi connectivity index (χ3n) is 6.16. The molecule has 2 heterocycles. The van der Waals surface area contributed by atoms with Gasteiger partial charge in [-0.3, -0.25) is 9.59 Å². The summed E-state index contributed by atoms with van der Waals surface area (Å²) in [6.07, 6.45) is 1.86. The Morgan fingerprint density at radius 2 is 2.00 bits per heavy atom. The predicted octanol–water partition coefficient (Wildman–Crippen LogP) is 4.58. The van der Waals surface area contributed by atoms with E-state index in [-0.39, 0.29) is 46.9 Å². The smallest absolute Gasteiger partial charge is 0.245 e. The molecule has 2 aliphatic heterocycles. The van der Waals surface area contributed by atoms with E-state index in [1.54, 1.807) is 11.8 Å². The number of anilines is 2. The Kier molecular flexibility index (Phi) is 7.33. The lowest BCUT2D eigenvalue weighted by atomic mass is 9.98. The van der Waals surface area contributed by atoms with E-state index in [0.29, 0.717) is 36.0 Å². The first-order chi connectivity index (χ1) is 16.1. The number of fused-ring (bicyclic) bond motifs is 1. The first-order valence-corrected chi connectivity index (χ1v) is 13.6. The number of nitrogens with zero attached hydrogens (tertiary/aromatic N) is 2. The highest BCUT2D eigenvalue weighted by Gasteiger charge is 2.38. The number of sulfonamides is 1. The number of halogens is 3.